The molecule has 0 aromatic heterocycles. The SMILES string of the molecule is CC1CS(=O)(=O)CCN1C(=O)C1CCC(C(F)(F)F)CN1. The fourth-order valence-electron chi connectivity index (χ4n) is 2.87. The molecule has 0 radical (unpaired) electrons. The van der Waals surface area contributed by atoms with Crippen molar-refractivity contribution in [1.82, 2.24) is 10.2 Å². The van der Waals surface area contributed by atoms with Gasteiger partial charge in [-0.1, -0.05) is 0 Å². The van der Waals surface area contributed by atoms with E-state index in [0.717, 1.165) is 0 Å². The van der Waals surface area contributed by atoms with Gasteiger partial charge in [0.05, 0.1) is 23.5 Å². The van der Waals surface area contributed by atoms with Crippen molar-refractivity contribution in [2.45, 2.75) is 38.0 Å². The first kappa shape index (κ1) is 16.5. The Balaban J connectivity index is 1.94. The molecule has 0 aliphatic carbocycles. The van der Waals surface area contributed by atoms with E-state index in [1.54, 1.807) is 6.92 Å². The van der Waals surface area contributed by atoms with E-state index >= 15 is 0 Å². The van der Waals surface area contributed by atoms with Gasteiger partial charge in [0, 0.05) is 19.1 Å². The molecule has 3 unspecified atom stereocenters. The number of carbonyl (C=O) groups is 1. The number of rotatable bonds is 1. The van der Waals surface area contributed by atoms with Crippen LogP contribution in [-0.2, 0) is 14.6 Å². The molecule has 2 rings (SSSR count). The third kappa shape index (κ3) is 3.88. The lowest BCUT2D eigenvalue weighted by Gasteiger charge is -2.38. The van der Waals surface area contributed by atoms with Gasteiger partial charge in [0.2, 0.25) is 5.91 Å². The number of halogens is 3. The summed E-state index contributed by atoms with van der Waals surface area (Å²) < 4.78 is 60.7. The van der Waals surface area contributed by atoms with Crippen molar-refractivity contribution < 1.29 is 26.4 Å². The average Bonchev–Trinajstić information content (AvgIpc) is 2.36. The number of hydrogen-bond acceptors (Lipinski definition) is 4. The lowest BCUT2D eigenvalue weighted by Crippen LogP contribution is -2.57. The third-order valence-corrected chi connectivity index (χ3v) is 5.92. The molecule has 9 heteroatoms. The number of carbonyl (C=O) groups excluding carboxylic acids is 1. The maximum atomic E-state index is 12.6. The van der Waals surface area contributed by atoms with Gasteiger partial charge < -0.3 is 10.2 Å². The van der Waals surface area contributed by atoms with E-state index < -0.39 is 34.0 Å². The summed E-state index contributed by atoms with van der Waals surface area (Å²) in [7, 11) is -3.12. The zero-order valence-electron chi connectivity index (χ0n) is 11.7. The largest absolute Gasteiger partial charge is 0.393 e. The molecule has 2 aliphatic heterocycles. The summed E-state index contributed by atoms with van der Waals surface area (Å²) in [6.45, 7) is 1.50. The second-order valence-corrected chi connectivity index (χ2v) is 8.00. The molecule has 2 saturated heterocycles. The molecule has 1 amide bonds. The first-order chi connectivity index (χ1) is 9.60. The highest BCUT2D eigenvalue weighted by atomic mass is 32.2. The van der Waals surface area contributed by atoms with Crippen LogP contribution >= 0.6 is 0 Å². The normalized spacial score (nSPS) is 33.7. The Labute approximate surface area is 121 Å². The summed E-state index contributed by atoms with van der Waals surface area (Å²) in [5, 5.41) is 2.65. The standard InChI is InChI=1S/C12H19F3N2O3S/c1-8-7-21(19,20)5-4-17(8)11(18)10-3-2-9(6-16-10)12(13,14)15/h8-10,16H,2-7H2,1H3. The minimum absolute atomic E-state index is 0.0760. The van der Waals surface area contributed by atoms with Crippen LogP contribution in [0.25, 0.3) is 0 Å². The van der Waals surface area contributed by atoms with Gasteiger partial charge in [0.1, 0.15) is 0 Å². The summed E-state index contributed by atoms with van der Waals surface area (Å²) in [6, 6.07) is -1.08. The Morgan fingerprint density at radius 3 is 2.43 bits per heavy atom. The van der Waals surface area contributed by atoms with Gasteiger partial charge in [-0.05, 0) is 19.8 Å². The Bertz CT molecular complexity index is 498. The van der Waals surface area contributed by atoms with E-state index in [4.69, 9.17) is 0 Å². The smallest absolute Gasteiger partial charge is 0.337 e. The molecule has 0 spiro atoms. The topological polar surface area (TPSA) is 66.5 Å². The minimum atomic E-state index is -4.24. The summed E-state index contributed by atoms with van der Waals surface area (Å²) in [5.41, 5.74) is 0. The molecule has 122 valence electrons. The first-order valence-electron chi connectivity index (χ1n) is 6.91. The van der Waals surface area contributed by atoms with Gasteiger partial charge in [-0.3, -0.25) is 4.79 Å². The van der Waals surface area contributed by atoms with E-state index in [-0.39, 0.29) is 43.3 Å². The van der Waals surface area contributed by atoms with E-state index in [9.17, 15) is 26.4 Å². The fraction of sp³-hybridized carbons (Fsp3) is 0.917. The molecule has 1 N–H and O–H groups in total. The van der Waals surface area contributed by atoms with Gasteiger partial charge in [0.15, 0.2) is 9.84 Å². The van der Waals surface area contributed by atoms with Crippen molar-refractivity contribution in [2.75, 3.05) is 24.6 Å². The van der Waals surface area contributed by atoms with Crippen molar-refractivity contribution in [3.05, 3.63) is 0 Å². The number of nitrogens with zero attached hydrogens (tertiary/aromatic N) is 1. The number of piperidine rings is 1. The maximum absolute atomic E-state index is 12.6. The number of nitrogens with one attached hydrogen (secondary N) is 1. The Morgan fingerprint density at radius 2 is 1.95 bits per heavy atom. The molecule has 2 fully saturated rings. The molecule has 0 aromatic carbocycles. The summed E-state index contributed by atoms with van der Waals surface area (Å²) in [5.74, 6) is -1.88. The zero-order valence-corrected chi connectivity index (χ0v) is 12.5. The molecule has 5 nitrogen and oxygen atoms in total. The van der Waals surface area contributed by atoms with Crippen LogP contribution in [0.1, 0.15) is 19.8 Å². The summed E-state index contributed by atoms with van der Waals surface area (Å²) >= 11 is 0. The van der Waals surface area contributed by atoms with E-state index in [1.807, 2.05) is 0 Å². The van der Waals surface area contributed by atoms with Crippen LogP contribution < -0.4 is 5.32 Å². The van der Waals surface area contributed by atoms with Gasteiger partial charge in [-0.15, -0.1) is 0 Å². The Hall–Kier alpha value is -0.830. The summed E-state index contributed by atoms with van der Waals surface area (Å²) in [4.78, 5) is 13.8. The maximum Gasteiger partial charge on any atom is 0.393 e. The van der Waals surface area contributed by atoms with Crippen molar-refractivity contribution >= 4 is 15.7 Å². The van der Waals surface area contributed by atoms with Gasteiger partial charge in [-0.25, -0.2) is 8.42 Å². The summed E-state index contributed by atoms with van der Waals surface area (Å²) in [6.07, 6.45) is -4.19. The second-order valence-electron chi connectivity index (χ2n) is 5.77. The number of alkyl halides is 3. The molecular formula is C12H19F3N2O3S. The van der Waals surface area contributed by atoms with Crippen LogP contribution in [-0.4, -0.2) is 62.1 Å². The second kappa shape index (κ2) is 5.75. The van der Waals surface area contributed by atoms with Crippen molar-refractivity contribution in [2.24, 2.45) is 5.92 Å². The lowest BCUT2D eigenvalue weighted by molar-refractivity contribution is -0.181. The molecule has 2 aliphatic rings. The van der Waals surface area contributed by atoms with Crippen LogP contribution in [0, 0.1) is 5.92 Å². The highest BCUT2D eigenvalue weighted by molar-refractivity contribution is 7.91. The van der Waals surface area contributed by atoms with Crippen molar-refractivity contribution in [3.63, 3.8) is 0 Å². The number of hydrogen-bond donors (Lipinski definition) is 1. The van der Waals surface area contributed by atoms with Gasteiger partial charge in [0.25, 0.3) is 0 Å². The highest BCUT2D eigenvalue weighted by Gasteiger charge is 2.43. The van der Waals surface area contributed by atoms with E-state index in [0.29, 0.717) is 0 Å². The van der Waals surface area contributed by atoms with Gasteiger partial charge in [-0.2, -0.15) is 13.2 Å². The van der Waals surface area contributed by atoms with E-state index in [2.05, 4.69) is 5.32 Å². The molecule has 3 atom stereocenters. The van der Waals surface area contributed by atoms with Gasteiger partial charge >= 0.3 is 6.18 Å². The molecule has 0 bridgehead atoms. The lowest BCUT2D eigenvalue weighted by atomic mass is 9.93. The molecular weight excluding hydrogens is 309 g/mol. The predicted octanol–water partition coefficient (Wildman–Crippen LogP) is 0.562. The first-order valence-corrected chi connectivity index (χ1v) is 8.73. The molecule has 0 saturated carbocycles. The van der Waals surface area contributed by atoms with Crippen molar-refractivity contribution in [1.29, 1.82) is 0 Å². The van der Waals surface area contributed by atoms with Crippen LogP contribution in [0.2, 0.25) is 0 Å². The minimum Gasteiger partial charge on any atom is -0.337 e. The highest BCUT2D eigenvalue weighted by Crippen LogP contribution is 2.32. The van der Waals surface area contributed by atoms with Crippen LogP contribution in [0.3, 0.4) is 0 Å². The van der Waals surface area contributed by atoms with Crippen LogP contribution in [0.15, 0.2) is 0 Å². The third-order valence-electron chi connectivity index (χ3n) is 4.13. The van der Waals surface area contributed by atoms with E-state index in [1.165, 1.54) is 4.90 Å². The monoisotopic (exact) mass is 328 g/mol. The van der Waals surface area contributed by atoms with Crippen LogP contribution in [0.4, 0.5) is 13.2 Å². The fourth-order valence-corrected chi connectivity index (χ4v) is 4.43. The Kier molecular flexibility index (Phi) is 4.53. The number of amides is 1. The quantitative estimate of drug-likeness (QED) is 0.764. The molecule has 2 heterocycles. The molecule has 21 heavy (non-hydrogen) atoms. The zero-order chi connectivity index (χ0) is 15.8. The van der Waals surface area contributed by atoms with Crippen LogP contribution in [0.5, 0.6) is 0 Å². The Morgan fingerprint density at radius 1 is 1.29 bits per heavy atom. The molecule has 0 aromatic rings. The van der Waals surface area contributed by atoms with Crippen molar-refractivity contribution in [3.8, 4) is 0 Å². The average molecular weight is 328 g/mol. The predicted molar refractivity (Wildman–Crippen MR) is 70.4 cm³/mol. The number of sulfone groups is 1.